The third-order valence-corrected chi connectivity index (χ3v) is 15.3. The van der Waals surface area contributed by atoms with Gasteiger partial charge in [0.1, 0.15) is 0 Å². The number of benzene rings is 1. The molecule has 4 heteroatoms. The van der Waals surface area contributed by atoms with Gasteiger partial charge in [0, 0.05) is 13.1 Å². The van der Waals surface area contributed by atoms with Gasteiger partial charge in [-0.1, -0.05) is 96.5 Å². The second-order valence-electron chi connectivity index (χ2n) is 18.3. The number of hydrogen-bond donors (Lipinski definition) is 1. The van der Waals surface area contributed by atoms with E-state index < -0.39 is 6.10 Å². The summed E-state index contributed by atoms with van der Waals surface area (Å²) in [5.41, 5.74) is 4.20. The number of morpholine rings is 1. The Hall–Kier alpha value is -1.91. The van der Waals surface area contributed by atoms with Crippen molar-refractivity contribution in [2.45, 2.75) is 112 Å². The van der Waals surface area contributed by atoms with Crippen molar-refractivity contribution in [2.24, 2.45) is 50.2 Å². The first-order valence-electron chi connectivity index (χ1n) is 18.2. The molecule has 1 N–H and O–H groups in total. The molecule has 1 aromatic carbocycles. The number of aliphatic hydroxyl groups is 1. The molecule has 246 valence electrons. The molecule has 0 bridgehead atoms. The third-order valence-electron chi connectivity index (χ3n) is 15.3. The summed E-state index contributed by atoms with van der Waals surface area (Å²) in [5, 5.41) is 11.9. The Balaban J connectivity index is 1.29. The minimum atomic E-state index is -0.420. The van der Waals surface area contributed by atoms with Crippen LogP contribution in [0.25, 0.3) is 6.08 Å². The molecule has 1 aromatic rings. The lowest BCUT2D eigenvalue weighted by Gasteiger charge is -2.71. The van der Waals surface area contributed by atoms with E-state index in [9.17, 15) is 9.90 Å². The molecule has 1 heterocycles. The molecular formula is C41H59NO3. The molecule has 0 aromatic heterocycles. The van der Waals surface area contributed by atoms with Crippen LogP contribution in [0.1, 0.15) is 112 Å². The van der Waals surface area contributed by atoms with E-state index in [1.165, 1.54) is 24.0 Å². The predicted octanol–water partition coefficient (Wildman–Crippen LogP) is 8.70. The van der Waals surface area contributed by atoms with Crippen LogP contribution in [0.4, 0.5) is 0 Å². The highest BCUT2D eigenvalue weighted by molar-refractivity contribution is 5.84. The summed E-state index contributed by atoms with van der Waals surface area (Å²) < 4.78 is 5.67. The van der Waals surface area contributed by atoms with Gasteiger partial charge in [0.05, 0.1) is 24.7 Å². The van der Waals surface area contributed by atoms with Crippen LogP contribution >= 0.6 is 0 Å². The number of nitrogens with zero attached hydrogens (tertiary/aromatic N) is 1. The lowest BCUT2D eigenvalue weighted by molar-refractivity contribution is -0.192. The molecule has 8 atom stereocenters. The van der Waals surface area contributed by atoms with Gasteiger partial charge in [0.15, 0.2) is 0 Å². The molecule has 5 fully saturated rings. The van der Waals surface area contributed by atoms with E-state index in [0.717, 1.165) is 58.0 Å². The molecule has 6 aliphatic rings. The summed E-state index contributed by atoms with van der Waals surface area (Å²) in [6, 6.07) is 10.6. The zero-order valence-electron chi connectivity index (χ0n) is 29.3. The monoisotopic (exact) mass is 613 g/mol. The lowest BCUT2D eigenvalue weighted by Crippen LogP contribution is -2.66. The number of fused-ring (bicyclic) bond motifs is 7. The SMILES string of the molecule is CC1(C)CC[C@]2(C(=O)N3CCOCC3)CC[C@]3(C)C(=CC[C@@H]4[C@@]5(C)C/C(=C/c6ccccc6)[C@H](O)C(C)(C)[C@@H]5CC[C@]43C)C2C1. The Labute approximate surface area is 273 Å². The van der Waals surface area contributed by atoms with Crippen molar-refractivity contribution in [3.05, 3.63) is 53.1 Å². The van der Waals surface area contributed by atoms with E-state index in [2.05, 4.69) is 95.8 Å². The molecule has 7 rings (SSSR count). The molecule has 1 aliphatic heterocycles. The van der Waals surface area contributed by atoms with Gasteiger partial charge >= 0.3 is 0 Å². The maximum absolute atomic E-state index is 14.6. The van der Waals surface area contributed by atoms with Gasteiger partial charge in [-0.05, 0) is 114 Å². The molecular weight excluding hydrogens is 554 g/mol. The summed E-state index contributed by atoms with van der Waals surface area (Å²) >= 11 is 0. The minimum Gasteiger partial charge on any atom is -0.388 e. The molecule has 1 saturated heterocycles. The van der Waals surface area contributed by atoms with E-state index in [0.29, 0.717) is 36.9 Å². The number of aliphatic hydroxyl groups excluding tert-OH is 1. The van der Waals surface area contributed by atoms with Gasteiger partial charge < -0.3 is 14.7 Å². The average molecular weight is 614 g/mol. The van der Waals surface area contributed by atoms with Gasteiger partial charge in [-0.2, -0.15) is 0 Å². The number of carbonyl (C=O) groups is 1. The highest BCUT2D eigenvalue weighted by atomic mass is 16.5. The summed E-state index contributed by atoms with van der Waals surface area (Å²) in [7, 11) is 0. The summed E-state index contributed by atoms with van der Waals surface area (Å²) in [6.07, 6.45) is 14.4. The van der Waals surface area contributed by atoms with Gasteiger partial charge in [0.2, 0.25) is 5.91 Å². The maximum atomic E-state index is 14.6. The van der Waals surface area contributed by atoms with Crippen molar-refractivity contribution >= 4 is 12.0 Å². The van der Waals surface area contributed by atoms with Crippen LogP contribution in [0.2, 0.25) is 0 Å². The number of carbonyl (C=O) groups excluding carboxylic acids is 1. The van der Waals surface area contributed by atoms with E-state index >= 15 is 0 Å². The fraction of sp³-hybridized carbons (Fsp3) is 0.732. The molecule has 45 heavy (non-hydrogen) atoms. The Kier molecular flexibility index (Phi) is 7.42. The van der Waals surface area contributed by atoms with Crippen molar-refractivity contribution in [2.75, 3.05) is 26.3 Å². The average Bonchev–Trinajstić information content (AvgIpc) is 3.00. The lowest BCUT2D eigenvalue weighted by atomic mass is 9.33. The molecule has 4 nitrogen and oxygen atoms in total. The number of rotatable bonds is 2. The van der Waals surface area contributed by atoms with Gasteiger partial charge in [-0.25, -0.2) is 0 Å². The Morgan fingerprint density at radius 2 is 1.60 bits per heavy atom. The zero-order valence-corrected chi connectivity index (χ0v) is 29.3. The fourth-order valence-corrected chi connectivity index (χ4v) is 12.6. The Bertz CT molecular complexity index is 1390. The summed E-state index contributed by atoms with van der Waals surface area (Å²) in [5.74, 6) is 1.78. The molecule has 0 spiro atoms. The van der Waals surface area contributed by atoms with Crippen LogP contribution in [-0.4, -0.2) is 48.3 Å². The second kappa shape index (κ2) is 10.5. The Morgan fingerprint density at radius 3 is 2.31 bits per heavy atom. The first-order valence-corrected chi connectivity index (χ1v) is 18.2. The van der Waals surface area contributed by atoms with Crippen molar-refractivity contribution in [1.29, 1.82) is 0 Å². The highest BCUT2D eigenvalue weighted by Gasteiger charge is 2.69. The standard InChI is InChI=1S/C41H59NO3/c1-36(2)17-19-41(35(44)42-21-23-45-24-22-42)20-18-39(6)30(31(41)27-36)13-14-33-38(5)26-29(25-28-11-9-8-10-12-28)34(43)37(3,4)32(38)15-16-40(33,39)7/h8-13,25,31-34,43H,14-24,26-27H2,1-7H3/b29-25-/t31?,32-,33+,34-,38-,39+,40+,41-/m0/s1. The summed E-state index contributed by atoms with van der Waals surface area (Å²) in [6.45, 7) is 20.2. The number of amides is 1. The minimum absolute atomic E-state index is 0.0836. The zero-order chi connectivity index (χ0) is 32.0. The maximum Gasteiger partial charge on any atom is 0.229 e. The topological polar surface area (TPSA) is 49.8 Å². The van der Waals surface area contributed by atoms with Crippen LogP contribution in [0, 0.1) is 50.2 Å². The van der Waals surface area contributed by atoms with Crippen molar-refractivity contribution in [3.63, 3.8) is 0 Å². The van der Waals surface area contributed by atoms with E-state index in [4.69, 9.17) is 4.74 Å². The van der Waals surface area contributed by atoms with Crippen molar-refractivity contribution in [3.8, 4) is 0 Å². The van der Waals surface area contributed by atoms with E-state index in [1.54, 1.807) is 5.57 Å². The van der Waals surface area contributed by atoms with Crippen LogP contribution in [-0.2, 0) is 9.53 Å². The quantitative estimate of drug-likeness (QED) is 0.340. The number of ether oxygens (including phenoxy) is 1. The second-order valence-corrected chi connectivity index (χ2v) is 18.3. The first-order chi connectivity index (χ1) is 21.2. The summed E-state index contributed by atoms with van der Waals surface area (Å²) in [4.78, 5) is 16.8. The third kappa shape index (κ3) is 4.54. The van der Waals surface area contributed by atoms with Crippen molar-refractivity contribution < 1.29 is 14.6 Å². The number of allylic oxidation sites excluding steroid dienone is 2. The van der Waals surface area contributed by atoms with Crippen LogP contribution in [0.15, 0.2) is 47.6 Å². The fourth-order valence-electron chi connectivity index (χ4n) is 12.6. The highest BCUT2D eigenvalue weighted by Crippen LogP contribution is 2.76. The first kappa shape index (κ1) is 31.7. The van der Waals surface area contributed by atoms with Crippen LogP contribution in [0.5, 0.6) is 0 Å². The molecule has 5 aliphatic carbocycles. The van der Waals surface area contributed by atoms with Crippen molar-refractivity contribution in [1.82, 2.24) is 4.90 Å². The van der Waals surface area contributed by atoms with Crippen LogP contribution in [0.3, 0.4) is 0 Å². The molecule has 1 unspecified atom stereocenters. The largest absolute Gasteiger partial charge is 0.388 e. The number of hydrogen-bond acceptors (Lipinski definition) is 3. The van der Waals surface area contributed by atoms with E-state index in [-0.39, 0.29) is 32.5 Å². The molecule has 1 amide bonds. The predicted molar refractivity (Wildman–Crippen MR) is 182 cm³/mol. The Morgan fingerprint density at radius 1 is 0.911 bits per heavy atom. The smallest absolute Gasteiger partial charge is 0.229 e. The van der Waals surface area contributed by atoms with Crippen LogP contribution < -0.4 is 0 Å². The van der Waals surface area contributed by atoms with Gasteiger partial charge in [0.25, 0.3) is 0 Å². The molecule has 0 radical (unpaired) electrons. The normalized spacial score (nSPS) is 44.6. The van der Waals surface area contributed by atoms with E-state index in [1.807, 2.05) is 0 Å². The van der Waals surface area contributed by atoms with Gasteiger partial charge in [-0.3, -0.25) is 4.79 Å². The molecule has 4 saturated carbocycles. The van der Waals surface area contributed by atoms with Gasteiger partial charge in [-0.15, -0.1) is 0 Å².